The van der Waals surface area contributed by atoms with Gasteiger partial charge in [-0.3, -0.25) is 0 Å². The molecule has 1 aromatic rings. The van der Waals surface area contributed by atoms with Crippen LogP contribution in [-0.4, -0.2) is 66.8 Å². The van der Waals surface area contributed by atoms with Gasteiger partial charge in [-0.1, -0.05) is 0 Å². The average Bonchev–Trinajstić information content (AvgIpc) is 3.14. The highest BCUT2D eigenvalue weighted by Crippen LogP contribution is 2.49. The van der Waals surface area contributed by atoms with Crippen molar-refractivity contribution in [1.82, 2.24) is 9.80 Å². The Morgan fingerprint density at radius 2 is 1.88 bits per heavy atom. The van der Waals surface area contributed by atoms with Crippen molar-refractivity contribution < 1.29 is 9.53 Å². The molecule has 2 heterocycles. The van der Waals surface area contributed by atoms with Crippen LogP contribution in [0.5, 0.6) is 0 Å². The number of amides is 1. The van der Waals surface area contributed by atoms with Crippen molar-refractivity contribution in [3.63, 3.8) is 0 Å². The van der Waals surface area contributed by atoms with Gasteiger partial charge in [-0.05, 0) is 96.6 Å². The molecule has 1 saturated carbocycles. The molecule has 2 saturated heterocycles. The van der Waals surface area contributed by atoms with E-state index in [1.165, 1.54) is 0 Å². The molecule has 0 radical (unpaired) electrons. The highest BCUT2D eigenvalue weighted by Gasteiger charge is 2.50. The first-order valence-corrected chi connectivity index (χ1v) is 11.9. The molecule has 0 bridgehead atoms. The zero-order valence-electron chi connectivity index (χ0n) is 19.9. The highest BCUT2D eigenvalue weighted by molar-refractivity contribution is 5.69. The van der Waals surface area contributed by atoms with Crippen molar-refractivity contribution in [2.75, 3.05) is 43.9 Å². The number of hydrogen-bond acceptors (Lipinski definition) is 6. The normalized spacial score (nSPS) is 26.5. The Balaban J connectivity index is 1.31. The van der Waals surface area contributed by atoms with Gasteiger partial charge in [0.1, 0.15) is 11.7 Å². The van der Waals surface area contributed by atoms with Crippen molar-refractivity contribution in [1.29, 1.82) is 5.26 Å². The van der Waals surface area contributed by atoms with E-state index in [1.54, 1.807) is 0 Å². The first kappa shape index (κ1) is 22.7. The van der Waals surface area contributed by atoms with Crippen LogP contribution in [0.4, 0.5) is 16.2 Å². The number of nitriles is 1. The van der Waals surface area contributed by atoms with Crippen molar-refractivity contribution in [3.05, 3.63) is 23.8 Å². The summed E-state index contributed by atoms with van der Waals surface area (Å²) in [6, 6.07) is 9.14. The third kappa shape index (κ3) is 5.29. The molecule has 7 heteroatoms. The van der Waals surface area contributed by atoms with E-state index < -0.39 is 5.60 Å². The zero-order valence-corrected chi connectivity index (χ0v) is 19.9. The second-order valence-corrected chi connectivity index (χ2v) is 11.0. The van der Waals surface area contributed by atoms with E-state index in [4.69, 9.17) is 4.74 Å². The molecule has 1 spiro atoms. The standard InChI is InChI=1S/C25H37N5O2/c1-24(2,3)32-23(31)30-12-9-25(17-30)14-21(15-25)27-20-6-5-18(16-26)22(13-20)28-19-7-10-29(4)11-8-19/h5-6,13,19,21,27-28H,7-12,14-15,17H2,1-4H3. The summed E-state index contributed by atoms with van der Waals surface area (Å²) >= 11 is 0. The molecule has 1 amide bonds. The largest absolute Gasteiger partial charge is 0.444 e. The number of rotatable bonds is 4. The number of carbonyl (C=O) groups is 1. The molecule has 2 aliphatic heterocycles. The van der Waals surface area contributed by atoms with Gasteiger partial charge >= 0.3 is 6.09 Å². The van der Waals surface area contributed by atoms with Gasteiger partial charge < -0.3 is 25.2 Å². The Labute approximate surface area is 192 Å². The van der Waals surface area contributed by atoms with Gasteiger partial charge in [0.15, 0.2) is 0 Å². The number of hydrogen-bond donors (Lipinski definition) is 2. The topological polar surface area (TPSA) is 80.6 Å². The molecular formula is C25H37N5O2. The maximum Gasteiger partial charge on any atom is 0.410 e. The number of nitrogens with zero attached hydrogens (tertiary/aromatic N) is 3. The Morgan fingerprint density at radius 3 is 2.53 bits per heavy atom. The molecule has 0 unspecified atom stereocenters. The van der Waals surface area contributed by atoms with Crippen LogP contribution in [-0.2, 0) is 4.74 Å². The predicted octanol–water partition coefficient (Wildman–Crippen LogP) is 4.27. The molecule has 1 aliphatic carbocycles. The lowest BCUT2D eigenvalue weighted by molar-refractivity contribution is 0.0237. The Hall–Kier alpha value is -2.46. The van der Waals surface area contributed by atoms with Gasteiger partial charge in [-0.15, -0.1) is 0 Å². The van der Waals surface area contributed by atoms with Gasteiger partial charge in [0.05, 0.1) is 11.3 Å². The number of carbonyl (C=O) groups excluding carboxylic acids is 1. The Morgan fingerprint density at radius 1 is 1.16 bits per heavy atom. The van der Waals surface area contributed by atoms with Gasteiger partial charge in [0.2, 0.25) is 0 Å². The summed E-state index contributed by atoms with van der Waals surface area (Å²) in [4.78, 5) is 16.6. The van der Waals surface area contributed by atoms with Gasteiger partial charge in [0, 0.05) is 30.9 Å². The van der Waals surface area contributed by atoms with Crippen LogP contribution in [0.2, 0.25) is 0 Å². The fourth-order valence-electron chi connectivity index (χ4n) is 5.30. The molecule has 0 atom stereocenters. The van der Waals surface area contributed by atoms with E-state index in [-0.39, 0.29) is 11.5 Å². The van der Waals surface area contributed by atoms with Crippen LogP contribution >= 0.6 is 0 Å². The average molecular weight is 440 g/mol. The number of anilines is 2. The van der Waals surface area contributed by atoms with Crippen LogP contribution in [0.15, 0.2) is 18.2 Å². The van der Waals surface area contributed by atoms with E-state index in [0.717, 1.165) is 69.7 Å². The first-order chi connectivity index (χ1) is 15.1. The second kappa shape index (κ2) is 8.82. The quantitative estimate of drug-likeness (QED) is 0.729. The van der Waals surface area contributed by atoms with Crippen LogP contribution < -0.4 is 10.6 Å². The fraction of sp³-hybridized carbons (Fsp3) is 0.680. The molecule has 32 heavy (non-hydrogen) atoms. The van der Waals surface area contributed by atoms with Gasteiger partial charge in [0.25, 0.3) is 0 Å². The molecule has 174 valence electrons. The molecule has 4 rings (SSSR count). The van der Waals surface area contributed by atoms with Crippen LogP contribution in [0.1, 0.15) is 58.4 Å². The SMILES string of the molecule is CN1CCC(Nc2cc(NC3CC4(CCN(C(=O)OC(C)(C)C)C4)C3)ccc2C#N)CC1. The number of piperidine rings is 1. The predicted molar refractivity (Wildman–Crippen MR) is 127 cm³/mol. The number of likely N-dealkylation sites (tertiary alicyclic amines) is 2. The van der Waals surface area contributed by atoms with E-state index in [2.05, 4.69) is 34.7 Å². The maximum absolute atomic E-state index is 12.4. The molecule has 1 aromatic carbocycles. The lowest BCUT2D eigenvalue weighted by Crippen LogP contribution is -2.47. The second-order valence-electron chi connectivity index (χ2n) is 11.0. The molecule has 7 nitrogen and oxygen atoms in total. The van der Waals surface area contributed by atoms with Crippen LogP contribution in [0, 0.1) is 16.7 Å². The third-order valence-corrected chi connectivity index (χ3v) is 7.04. The van der Waals surface area contributed by atoms with Crippen molar-refractivity contribution in [2.45, 2.75) is 70.6 Å². The summed E-state index contributed by atoms with van der Waals surface area (Å²) in [6.45, 7) is 9.47. The van der Waals surface area contributed by atoms with E-state index in [0.29, 0.717) is 17.6 Å². The zero-order chi connectivity index (χ0) is 22.9. The van der Waals surface area contributed by atoms with Gasteiger partial charge in [-0.2, -0.15) is 5.26 Å². The number of benzene rings is 1. The summed E-state index contributed by atoms with van der Waals surface area (Å²) in [5, 5.41) is 16.8. The lowest BCUT2D eigenvalue weighted by Gasteiger charge is -2.45. The number of ether oxygens (including phenoxy) is 1. The monoisotopic (exact) mass is 439 g/mol. The fourth-order valence-corrected chi connectivity index (χ4v) is 5.30. The summed E-state index contributed by atoms with van der Waals surface area (Å²) in [5.41, 5.74) is 2.45. The summed E-state index contributed by atoms with van der Waals surface area (Å²) in [5.74, 6) is 0. The van der Waals surface area contributed by atoms with E-state index in [1.807, 2.05) is 37.8 Å². The first-order valence-electron chi connectivity index (χ1n) is 11.9. The van der Waals surface area contributed by atoms with Crippen molar-refractivity contribution in [2.24, 2.45) is 5.41 Å². The van der Waals surface area contributed by atoms with Crippen molar-refractivity contribution >= 4 is 17.5 Å². The minimum absolute atomic E-state index is 0.192. The molecule has 3 fully saturated rings. The molecular weight excluding hydrogens is 402 g/mol. The summed E-state index contributed by atoms with van der Waals surface area (Å²) in [7, 11) is 2.16. The molecule has 0 aromatic heterocycles. The summed E-state index contributed by atoms with van der Waals surface area (Å²) in [6.07, 6.45) is 5.16. The Kier molecular flexibility index (Phi) is 6.26. The maximum atomic E-state index is 12.4. The van der Waals surface area contributed by atoms with Crippen LogP contribution in [0.3, 0.4) is 0 Å². The van der Waals surface area contributed by atoms with Crippen LogP contribution in [0.25, 0.3) is 0 Å². The smallest absolute Gasteiger partial charge is 0.410 e. The van der Waals surface area contributed by atoms with Crippen molar-refractivity contribution in [3.8, 4) is 6.07 Å². The van der Waals surface area contributed by atoms with E-state index in [9.17, 15) is 10.1 Å². The minimum Gasteiger partial charge on any atom is -0.444 e. The third-order valence-electron chi connectivity index (χ3n) is 7.04. The highest BCUT2D eigenvalue weighted by atomic mass is 16.6. The molecule has 3 aliphatic rings. The van der Waals surface area contributed by atoms with Gasteiger partial charge in [-0.25, -0.2) is 4.79 Å². The van der Waals surface area contributed by atoms with E-state index >= 15 is 0 Å². The number of nitrogens with one attached hydrogen (secondary N) is 2. The summed E-state index contributed by atoms with van der Waals surface area (Å²) < 4.78 is 5.54. The minimum atomic E-state index is -0.453. The Bertz CT molecular complexity index is 873. The lowest BCUT2D eigenvalue weighted by atomic mass is 9.65. The molecule has 2 N–H and O–H groups in total.